The van der Waals surface area contributed by atoms with E-state index in [0.29, 0.717) is 5.56 Å². The first-order valence-corrected chi connectivity index (χ1v) is 9.53. The number of hydrogen-bond donors (Lipinski definition) is 2. The summed E-state index contributed by atoms with van der Waals surface area (Å²) in [6.45, 7) is 1.85. The van der Waals surface area contributed by atoms with Crippen molar-refractivity contribution in [3.05, 3.63) is 65.5 Å². The van der Waals surface area contributed by atoms with Crippen molar-refractivity contribution >= 4 is 21.7 Å². The van der Waals surface area contributed by atoms with Gasteiger partial charge in [-0.25, -0.2) is 12.8 Å². The quantitative estimate of drug-likeness (QED) is 0.748. The molecule has 0 fully saturated rings. The Morgan fingerprint density at radius 2 is 1.50 bits per heavy atom. The van der Waals surface area contributed by atoms with Crippen LogP contribution in [0.25, 0.3) is 0 Å². The van der Waals surface area contributed by atoms with E-state index in [4.69, 9.17) is 0 Å². The lowest BCUT2D eigenvalue weighted by atomic mass is 10.1. The second-order valence-electron chi connectivity index (χ2n) is 5.78. The van der Waals surface area contributed by atoms with Gasteiger partial charge in [0, 0.05) is 6.42 Å². The number of benzene rings is 2. The maximum Gasteiger partial charge on any atom is 0.242 e. The minimum Gasteiger partial charge on any atom is -0.273 e. The number of carbonyl (C=O) groups is 2. The molecule has 0 saturated carbocycles. The van der Waals surface area contributed by atoms with Gasteiger partial charge >= 0.3 is 0 Å². The van der Waals surface area contributed by atoms with Crippen molar-refractivity contribution in [1.82, 2.24) is 10.9 Å². The molecule has 2 amide bonds. The summed E-state index contributed by atoms with van der Waals surface area (Å²) in [6, 6.07) is 11.7. The highest BCUT2D eigenvalue weighted by atomic mass is 32.2. The molecule has 2 rings (SSSR count). The smallest absolute Gasteiger partial charge is 0.242 e. The number of sulfone groups is 1. The molecule has 0 aliphatic heterocycles. The second-order valence-corrected chi connectivity index (χ2v) is 7.89. The number of nitrogens with one attached hydrogen (secondary N) is 2. The third-order valence-corrected chi connectivity index (χ3v) is 5.33. The lowest BCUT2D eigenvalue weighted by molar-refractivity contribution is -0.128. The van der Waals surface area contributed by atoms with E-state index < -0.39 is 27.5 Å². The van der Waals surface area contributed by atoms with E-state index in [-0.39, 0.29) is 23.5 Å². The van der Waals surface area contributed by atoms with Crippen molar-refractivity contribution in [3.63, 3.8) is 0 Å². The van der Waals surface area contributed by atoms with Gasteiger partial charge in [-0.3, -0.25) is 20.4 Å². The molecule has 0 spiro atoms. The van der Waals surface area contributed by atoms with E-state index in [1.807, 2.05) is 6.92 Å². The Morgan fingerprint density at radius 3 is 2.12 bits per heavy atom. The number of carbonyl (C=O) groups excluding carboxylic acids is 2. The molecule has 0 unspecified atom stereocenters. The number of hydrogen-bond acceptors (Lipinski definition) is 4. The highest BCUT2D eigenvalue weighted by Crippen LogP contribution is 2.12. The van der Waals surface area contributed by atoms with Gasteiger partial charge in [0.2, 0.25) is 11.8 Å². The first kappa shape index (κ1) is 19.6. The molecule has 26 heavy (non-hydrogen) atoms. The van der Waals surface area contributed by atoms with Crippen LogP contribution in [0.2, 0.25) is 0 Å². The lowest BCUT2D eigenvalue weighted by Gasteiger charge is -2.08. The summed E-state index contributed by atoms with van der Waals surface area (Å²) in [5.41, 5.74) is 5.89. The van der Waals surface area contributed by atoms with E-state index >= 15 is 0 Å². The van der Waals surface area contributed by atoms with Crippen molar-refractivity contribution in [2.45, 2.75) is 24.7 Å². The first-order chi connectivity index (χ1) is 12.3. The monoisotopic (exact) mass is 378 g/mol. The number of aryl methyl sites for hydroxylation is 1. The number of hydrazine groups is 1. The Morgan fingerprint density at radius 1 is 0.923 bits per heavy atom. The SMILES string of the molecule is Cc1ccc(S(=O)(=O)CCC(=O)NNC(=O)Cc2ccc(F)cc2)cc1. The summed E-state index contributed by atoms with van der Waals surface area (Å²) in [4.78, 5) is 23.6. The normalized spacial score (nSPS) is 11.0. The van der Waals surface area contributed by atoms with Gasteiger partial charge in [0.25, 0.3) is 0 Å². The van der Waals surface area contributed by atoms with Gasteiger partial charge in [0.05, 0.1) is 17.1 Å². The molecule has 0 saturated heterocycles. The molecule has 0 aromatic heterocycles. The summed E-state index contributed by atoms with van der Waals surface area (Å²) in [7, 11) is -3.57. The molecule has 0 radical (unpaired) electrons. The largest absolute Gasteiger partial charge is 0.273 e. The van der Waals surface area contributed by atoms with Crippen LogP contribution in [-0.4, -0.2) is 26.0 Å². The minimum absolute atomic E-state index is 0.0395. The van der Waals surface area contributed by atoms with E-state index in [0.717, 1.165) is 5.56 Å². The molecule has 0 bridgehead atoms. The fourth-order valence-electron chi connectivity index (χ4n) is 2.12. The third kappa shape index (κ3) is 5.96. The molecule has 2 N–H and O–H groups in total. The van der Waals surface area contributed by atoms with Gasteiger partial charge in [0.15, 0.2) is 9.84 Å². The van der Waals surface area contributed by atoms with Gasteiger partial charge in [-0.2, -0.15) is 0 Å². The van der Waals surface area contributed by atoms with Crippen molar-refractivity contribution in [2.24, 2.45) is 0 Å². The Kier molecular flexibility index (Phi) is 6.46. The topological polar surface area (TPSA) is 92.3 Å². The predicted octanol–water partition coefficient (Wildman–Crippen LogP) is 1.69. The van der Waals surface area contributed by atoms with E-state index in [1.165, 1.54) is 36.4 Å². The summed E-state index contributed by atoms with van der Waals surface area (Å²) in [5, 5.41) is 0. The van der Waals surface area contributed by atoms with E-state index in [2.05, 4.69) is 10.9 Å². The fraction of sp³-hybridized carbons (Fsp3) is 0.222. The van der Waals surface area contributed by atoms with Gasteiger partial charge in [-0.15, -0.1) is 0 Å². The molecule has 0 aliphatic rings. The standard InChI is InChI=1S/C18H19FN2O4S/c1-13-2-8-16(9-3-13)26(24,25)11-10-17(22)20-21-18(23)12-14-4-6-15(19)7-5-14/h2-9H,10-12H2,1H3,(H,20,22)(H,21,23). The van der Waals surface area contributed by atoms with Crippen LogP contribution in [0.3, 0.4) is 0 Å². The minimum atomic E-state index is -3.57. The average Bonchev–Trinajstić information content (AvgIpc) is 2.61. The average molecular weight is 378 g/mol. The first-order valence-electron chi connectivity index (χ1n) is 7.88. The molecule has 6 nitrogen and oxygen atoms in total. The third-order valence-electron chi connectivity index (χ3n) is 3.60. The maximum atomic E-state index is 12.8. The molecule has 2 aromatic rings. The van der Waals surface area contributed by atoms with Crippen molar-refractivity contribution in [1.29, 1.82) is 0 Å². The van der Waals surface area contributed by atoms with Gasteiger partial charge < -0.3 is 0 Å². The Bertz CT molecular complexity index is 878. The van der Waals surface area contributed by atoms with Crippen LogP contribution in [0.1, 0.15) is 17.5 Å². The van der Waals surface area contributed by atoms with Crippen LogP contribution in [0.5, 0.6) is 0 Å². The molecule has 8 heteroatoms. The van der Waals surface area contributed by atoms with E-state index in [1.54, 1.807) is 12.1 Å². The van der Waals surface area contributed by atoms with Gasteiger partial charge in [-0.1, -0.05) is 29.8 Å². The van der Waals surface area contributed by atoms with Crippen LogP contribution >= 0.6 is 0 Å². The second kappa shape index (κ2) is 8.57. The van der Waals surface area contributed by atoms with Gasteiger partial charge in [0.1, 0.15) is 5.82 Å². The zero-order chi connectivity index (χ0) is 19.2. The van der Waals surface area contributed by atoms with Crippen LogP contribution in [0.4, 0.5) is 4.39 Å². The highest BCUT2D eigenvalue weighted by Gasteiger charge is 2.16. The number of rotatable bonds is 6. The van der Waals surface area contributed by atoms with Gasteiger partial charge in [-0.05, 0) is 36.8 Å². The summed E-state index contributed by atoms with van der Waals surface area (Å²) < 4.78 is 37.1. The molecule has 138 valence electrons. The predicted molar refractivity (Wildman–Crippen MR) is 94.2 cm³/mol. The Hall–Kier alpha value is -2.74. The summed E-state index contributed by atoms with van der Waals surface area (Å²) in [5.74, 6) is -1.88. The Balaban J connectivity index is 1.78. The lowest BCUT2D eigenvalue weighted by Crippen LogP contribution is -2.42. The summed E-state index contributed by atoms with van der Waals surface area (Å²) in [6.07, 6.45) is -0.324. The number of halogens is 1. The van der Waals surface area contributed by atoms with Crippen molar-refractivity contribution < 1.29 is 22.4 Å². The van der Waals surface area contributed by atoms with Crippen LogP contribution in [0.15, 0.2) is 53.4 Å². The number of amides is 2. The van der Waals surface area contributed by atoms with Crippen LogP contribution < -0.4 is 10.9 Å². The zero-order valence-corrected chi connectivity index (χ0v) is 15.0. The molecule has 0 heterocycles. The molecule has 2 aromatic carbocycles. The summed E-state index contributed by atoms with van der Waals surface area (Å²) >= 11 is 0. The molecular formula is C18H19FN2O4S. The molecular weight excluding hydrogens is 359 g/mol. The van der Waals surface area contributed by atoms with Crippen LogP contribution in [-0.2, 0) is 25.8 Å². The molecule has 0 aliphatic carbocycles. The fourth-order valence-corrected chi connectivity index (χ4v) is 3.36. The van der Waals surface area contributed by atoms with Crippen molar-refractivity contribution in [3.8, 4) is 0 Å². The Labute approximate surface area is 151 Å². The van der Waals surface area contributed by atoms with Crippen LogP contribution in [0, 0.1) is 12.7 Å². The molecule has 0 atom stereocenters. The maximum absolute atomic E-state index is 12.8. The van der Waals surface area contributed by atoms with Crippen molar-refractivity contribution in [2.75, 3.05) is 5.75 Å². The highest BCUT2D eigenvalue weighted by molar-refractivity contribution is 7.91. The zero-order valence-electron chi connectivity index (χ0n) is 14.2. The van der Waals surface area contributed by atoms with E-state index in [9.17, 15) is 22.4 Å².